The first-order chi connectivity index (χ1) is 16.1. The maximum Gasteiger partial charge on any atom is 0.290 e. The summed E-state index contributed by atoms with van der Waals surface area (Å²) >= 11 is 1.69. The van der Waals surface area contributed by atoms with Gasteiger partial charge in [-0.15, -0.1) is 17.9 Å². The molecule has 0 fully saturated rings. The second-order valence-corrected chi connectivity index (χ2v) is 8.59. The highest BCUT2D eigenvalue weighted by Crippen LogP contribution is 2.34. The molecule has 8 heteroatoms. The number of methoxy groups -OCH3 is 1. The highest BCUT2D eigenvalue weighted by molar-refractivity contribution is 7.10. The Labute approximate surface area is 196 Å². The molecule has 33 heavy (non-hydrogen) atoms. The third-order valence-electron chi connectivity index (χ3n) is 5.56. The summed E-state index contributed by atoms with van der Waals surface area (Å²) in [4.78, 5) is 30.7. The number of carbonyl (C=O) groups excluding carboxylic acids is 2. The molecule has 0 bridgehead atoms. The van der Waals surface area contributed by atoms with Crippen LogP contribution in [0.25, 0.3) is 0 Å². The summed E-state index contributed by atoms with van der Waals surface area (Å²) < 4.78 is 16.6. The van der Waals surface area contributed by atoms with E-state index >= 15 is 0 Å². The highest BCUT2D eigenvalue weighted by atomic mass is 32.1. The predicted molar refractivity (Wildman–Crippen MR) is 126 cm³/mol. The van der Waals surface area contributed by atoms with Crippen LogP contribution < -0.4 is 9.47 Å². The van der Waals surface area contributed by atoms with Gasteiger partial charge in [0, 0.05) is 24.0 Å². The number of hydrogen-bond acceptors (Lipinski definition) is 6. The quantitative estimate of drug-likeness (QED) is 0.443. The number of amides is 2. The van der Waals surface area contributed by atoms with Crippen LogP contribution in [0, 0.1) is 0 Å². The van der Waals surface area contributed by atoms with Gasteiger partial charge in [0.2, 0.25) is 5.91 Å². The van der Waals surface area contributed by atoms with Crippen molar-refractivity contribution in [3.8, 4) is 11.5 Å². The molecular formula is C25H26N2O5S. The summed E-state index contributed by atoms with van der Waals surface area (Å²) in [7, 11) is 1.61. The summed E-state index contributed by atoms with van der Waals surface area (Å²) in [6.45, 7) is 4.76. The van der Waals surface area contributed by atoms with Gasteiger partial charge >= 0.3 is 0 Å². The summed E-state index contributed by atoms with van der Waals surface area (Å²) in [5.74, 6) is 1.09. The van der Waals surface area contributed by atoms with Gasteiger partial charge in [0.15, 0.2) is 5.76 Å². The molecule has 0 N–H and O–H groups in total. The number of fused-ring (bicyclic) bond motifs is 1. The molecule has 2 amide bonds. The molecule has 0 radical (unpaired) electrons. The average molecular weight is 467 g/mol. The molecule has 4 rings (SSSR count). The Bertz CT molecular complexity index is 1110. The van der Waals surface area contributed by atoms with Crippen molar-refractivity contribution >= 4 is 23.2 Å². The van der Waals surface area contributed by atoms with Crippen molar-refractivity contribution in [2.24, 2.45) is 0 Å². The fraction of sp³-hybridized carbons (Fsp3) is 0.280. The van der Waals surface area contributed by atoms with Crippen LogP contribution in [0.2, 0.25) is 0 Å². The average Bonchev–Trinajstić information content (AvgIpc) is 3.54. The molecule has 0 saturated heterocycles. The van der Waals surface area contributed by atoms with Crippen LogP contribution in [0.3, 0.4) is 0 Å². The van der Waals surface area contributed by atoms with Gasteiger partial charge in [-0.05, 0) is 47.7 Å². The number of rotatable bonds is 9. The standard InChI is InChI=1S/C25H26N2O5S/c1-3-11-26(25(29)22-8-5-13-31-22)16-24(28)27-12-9-23-20(10-14-33-23)21(27)17-32-19-7-4-6-18(15-19)30-2/h3-8,10,13-15,21H,1,9,11-12,16-17H2,2H3. The molecule has 2 aromatic heterocycles. The lowest BCUT2D eigenvalue weighted by Gasteiger charge is -2.37. The maximum atomic E-state index is 13.4. The molecule has 1 aliphatic rings. The van der Waals surface area contributed by atoms with Crippen LogP contribution >= 0.6 is 11.3 Å². The van der Waals surface area contributed by atoms with E-state index in [-0.39, 0.29) is 36.7 Å². The fourth-order valence-electron chi connectivity index (χ4n) is 3.93. The van der Waals surface area contributed by atoms with Gasteiger partial charge in [0.05, 0.1) is 19.4 Å². The fourth-order valence-corrected chi connectivity index (χ4v) is 4.85. The maximum absolute atomic E-state index is 13.4. The van der Waals surface area contributed by atoms with Gasteiger partial charge < -0.3 is 23.7 Å². The Hall–Kier alpha value is -3.52. The zero-order valence-corrected chi connectivity index (χ0v) is 19.3. The molecule has 1 aromatic carbocycles. The van der Waals surface area contributed by atoms with Crippen LogP contribution in [-0.4, -0.2) is 55.0 Å². The molecule has 1 atom stereocenters. The molecule has 7 nitrogen and oxygen atoms in total. The van der Waals surface area contributed by atoms with Crippen LogP contribution in [0.5, 0.6) is 11.5 Å². The molecule has 3 heterocycles. The second-order valence-electron chi connectivity index (χ2n) is 7.59. The smallest absolute Gasteiger partial charge is 0.290 e. The van der Waals surface area contributed by atoms with Gasteiger partial charge in [0.25, 0.3) is 5.91 Å². The van der Waals surface area contributed by atoms with E-state index < -0.39 is 0 Å². The zero-order valence-electron chi connectivity index (χ0n) is 18.4. The van der Waals surface area contributed by atoms with Gasteiger partial charge in [0.1, 0.15) is 24.7 Å². The van der Waals surface area contributed by atoms with E-state index in [0.29, 0.717) is 24.7 Å². The number of benzene rings is 1. The number of furan rings is 1. The molecule has 1 unspecified atom stereocenters. The Morgan fingerprint density at radius 2 is 2.12 bits per heavy atom. The largest absolute Gasteiger partial charge is 0.497 e. The number of ether oxygens (including phenoxy) is 2. The highest BCUT2D eigenvalue weighted by Gasteiger charge is 2.33. The van der Waals surface area contributed by atoms with Crippen LogP contribution in [-0.2, 0) is 11.2 Å². The Morgan fingerprint density at radius 1 is 1.27 bits per heavy atom. The minimum atomic E-state index is -0.342. The zero-order chi connectivity index (χ0) is 23.2. The van der Waals surface area contributed by atoms with Crippen LogP contribution in [0.15, 0.2) is 71.2 Å². The topological polar surface area (TPSA) is 72.2 Å². The first-order valence-corrected chi connectivity index (χ1v) is 11.5. The third kappa shape index (κ3) is 5.12. The third-order valence-corrected chi connectivity index (χ3v) is 6.56. The monoisotopic (exact) mass is 466 g/mol. The Kier molecular flexibility index (Phi) is 7.14. The minimum absolute atomic E-state index is 0.0688. The first-order valence-electron chi connectivity index (χ1n) is 10.7. The molecular weight excluding hydrogens is 440 g/mol. The summed E-state index contributed by atoms with van der Waals surface area (Å²) in [5, 5.41) is 2.04. The van der Waals surface area contributed by atoms with E-state index in [1.54, 1.807) is 41.6 Å². The van der Waals surface area contributed by atoms with Crippen molar-refractivity contribution in [1.82, 2.24) is 9.80 Å². The lowest BCUT2D eigenvalue weighted by atomic mass is 10.0. The van der Waals surface area contributed by atoms with Crippen molar-refractivity contribution in [3.05, 3.63) is 83.0 Å². The van der Waals surface area contributed by atoms with Gasteiger partial charge in [-0.2, -0.15) is 0 Å². The SMILES string of the molecule is C=CCN(CC(=O)N1CCc2sccc2C1COc1cccc(OC)c1)C(=O)c1ccco1. The summed E-state index contributed by atoms with van der Waals surface area (Å²) in [6, 6.07) is 12.4. The Balaban J connectivity index is 1.51. The second kappa shape index (κ2) is 10.4. The van der Waals surface area contributed by atoms with Gasteiger partial charge in [-0.25, -0.2) is 0 Å². The molecule has 172 valence electrons. The molecule has 1 aliphatic heterocycles. The van der Waals surface area contributed by atoms with E-state index in [1.165, 1.54) is 16.0 Å². The van der Waals surface area contributed by atoms with Crippen molar-refractivity contribution < 1.29 is 23.5 Å². The molecule has 0 spiro atoms. The van der Waals surface area contributed by atoms with Crippen LogP contribution in [0.1, 0.15) is 27.0 Å². The lowest BCUT2D eigenvalue weighted by molar-refractivity contribution is -0.135. The number of carbonyl (C=O) groups is 2. The number of thiophene rings is 1. The number of hydrogen-bond donors (Lipinski definition) is 0. The molecule has 0 aliphatic carbocycles. The summed E-state index contributed by atoms with van der Waals surface area (Å²) in [6.07, 6.45) is 3.82. The number of nitrogens with zero attached hydrogens (tertiary/aromatic N) is 2. The van der Waals surface area contributed by atoms with E-state index in [0.717, 1.165) is 12.0 Å². The van der Waals surface area contributed by atoms with E-state index in [9.17, 15) is 9.59 Å². The van der Waals surface area contributed by atoms with Crippen molar-refractivity contribution in [3.63, 3.8) is 0 Å². The Morgan fingerprint density at radius 3 is 2.88 bits per heavy atom. The van der Waals surface area contributed by atoms with Crippen molar-refractivity contribution in [2.45, 2.75) is 12.5 Å². The first kappa shape index (κ1) is 22.7. The normalized spacial score (nSPS) is 14.9. The van der Waals surface area contributed by atoms with E-state index in [4.69, 9.17) is 13.9 Å². The predicted octanol–water partition coefficient (Wildman–Crippen LogP) is 4.18. The minimum Gasteiger partial charge on any atom is -0.497 e. The van der Waals surface area contributed by atoms with Crippen molar-refractivity contribution in [2.75, 3.05) is 33.4 Å². The lowest BCUT2D eigenvalue weighted by Crippen LogP contribution is -2.47. The van der Waals surface area contributed by atoms with Gasteiger partial charge in [-0.3, -0.25) is 9.59 Å². The van der Waals surface area contributed by atoms with E-state index in [2.05, 4.69) is 12.6 Å². The van der Waals surface area contributed by atoms with Gasteiger partial charge in [-0.1, -0.05) is 12.1 Å². The summed E-state index contributed by atoms with van der Waals surface area (Å²) in [5.41, 5.74) is 1.09. The molecule has 0 saturated carbocycles. The van der Waals surface area contributed by atoms with Crippen LogP contribution in [0.4, 0.5) is 0 Å². The van der Waals surface area contributed by atoms with E-state index in [1.807, 2.05) is 29.6 Å². The molecule has 3 aromatic rings. The van der Waals surface area contributed by atoms with Crippen molar-refractivity contribution in [1.29, 1.82) is 0 Å².